The van der Waals surface area contributed by atoms with Gasteiger partial charge < -0.3 is 4.90 Å². The molecule has 2 aromatic rings. The zero-order valence-corrected chi connectivity index (χ0v) is 13.3. The molecule has 4 heteroatoms. The molecule has 1 aliphatic rings. The second-order valence-electron chi connectivity index (χ2n) is 5.26. The van der Waals surface area contributed by atoms with Crippen molar-refractivity contribution in [2.45, 2.75) is 12.5 Å². The number of fused-ring (bicyclic) bond motifs is 1. The average Bonchev–Trinajstić information content (AvgIpc) is 2.40. The highest BCUT2D eigenvalue weighted by atomic mass is 35.5. The Bertz CT molecular complexity index is 637. The Hall–Kier alpha value is -0.730. The van der Waals surface area contributed by atoms with Gasteiger partial charge in [0.25, 0.3) is 0 Å². The van der Waals surface area contributed by atoms with Gasteiger partial charge in [0.15, 0.2) is 0 Å². The van der Waals surface area contributed by atoms with Gasteiger partial charge in [-0.1, -0.05) is 46.9 Å². The summed E-state index contributed by atoms with van der Waals surface area (Å²) in [5.41, 5.74) is 3.63. The third-order valence-corrected chi connectivity index (χ3v) is 4.57. The van der Waals surface area contributed by atoms with Crippen molar-refractivity contribution in [2.75, 3.05) is 13.6 Å². The lowest BCUT2D eigenvalue weighted by molar-refractivity contribution is 0.295. The molecule has 1 atom stereocenters. The maximum Gasteiger partial charge on any atom is 0.0468 e. The standard InChI is InChI=1S/C16H14Cl3N/c1-20-8-14(10-2-4-11(17)5-3-10)13-6-12(18)7-16(19)15(13)9-20/h2-7,14H,8-9H2,1H3. The van der Waals surface area contributed by atoms with Gasteiger partial charge in [0, 0.05) is 34.1 Å². The van der Waals surface area contributed by atoms with E-state index in [4.69, 9.17) is 34.8 Å². The lowest BCUT2D eigenvalue weighted by Gasteiger charge is -2.33. The SMILES string of the molecule is CN1Cc2c(Cl)cc(Cl)cc2C(c2ccc(Cl)cc2)C1. The first kappa shape index (κ1) is 14.2. The van der Waals surface area contributed by atoms with Crippen LogP contribution in [-0.4, -0.2) is 18.5 Å². The molecule has 0 aliphatic carbocycles. The summed E-state index contributed by atoms with van der Waals surface area (Å²) in [5.74, 6) is 0.275. The molecule has 0 amide bonds. The number of rotatable bonds is 1. The highest BCUT2D eigenvalue weighted by Gasteiger charge is 2.26. The fourth-order valence-electron chi connectivity index (χ4n) is 2.83. The summed E-state index contributed by atoms with van der Waals surface area (Å²) in [6.45, 7) is 1.81. The van der Waals surface area contributed by atoms with Gasteiger partial charge in [-0.25, -0.2) is 0 Å². The molecule has 1 heterocycles. The first-order valence-electron chi connectivity index (χ1n) is 6.46. The molecule has 104 valence electrons. The van der Waals surface area contributed by atoms with E-state index in [1.165, 1.54) is 16.7 Å². The van der Waals surface area contributed by atoms with Gasteiger partial charge in [-0.05, 0) is 48.0 Å². The van der Waals surface area contributed by atoms with Crippen LogP contribution in [0.4, 0.5) is 0 Å². The summed E-state index contributed by atoms with van der Waals surface area (Å²) in [5, 5.41) is 2.19. The molecule has 0 saturated heterocycles. The number of hydrogen-bond donors (Lipinski definition) is 0. The fourth-order valence-corrected chi connectivity index (χ4v) is 3.52. The van der Waals surface area contributed by atoms with E-state index in [0.29, 0.717) is 5.02 Å². The van der Waals surface area contributed by atoms with E-state index in [0.717, 1.165) is 23.1 Å². The van der Waals surface area contributed by atoms with Crippen LogP contribution in [0.1, 0.15) is 22.6 Å². The van der Waals surface area contributed by atoms with Crippen LogP contribution in [0.15, 0.2) is 36.4 Å². The maximum atomic E-state index is 6.36. The summed E-state index contributed by atoms with van der Waals surface area (Å²) in [7, 11) is 2.11. The van der Waals surface area contributed by atoms with E-state index in [-0.39, 0.29) is 5.92 Å². The molecule has 0 fully saturated rings. The van der Waals surface area contributed by atoms with Gasteiger partial charge in [-0.15, -0.1) is 0 Å². The summed E-state index contributed by atoms with van der Waals surface area (Å²) in [6, 6.07) is 11.9. The molecule has 3 rings (SSSR count). The van der Waals surface area contributed by atoms with Crippen molar-refractivity contribution in [3.05, 3.63) is 68.2 Å². The molecule has 1 nitrogen and oxygen atoms in total. The van der Waals surface area contributed by atoms with Crippen LogP contribution < -0.4 is 0 Å². The zero-order valence-electron chi connectivity index (χ0n) is 11.0. The molecule has 0 N–H and O–H groups in total. The monoisotopic (exact) mass is 325 g/mol. The number of halogens is 3. The smallest absolute Gasteiger partial charge is 0.0468 e. The lowest BCUT2D eigenvalue weighted by Crippen LogP contribution is -2.31. The second-order valence-corrected chi connectivity index (χ2v) is 6.54. The Labute approximate surface area is 134 Å². The van der Waals surface area contributed by atoms with Gasteiger partial charge in [-0.2, -0.15) is 0 Å². The third kappa shape index (κ3) is 2.68. The molecule has 0 spiro atoms. The molecule has 1 unspecified atom stereocenters. The molecule has 1 aliphatic heterocycles. The van der Waals surface area contributed by atoms with Gasteiger partial charge in [0.2, 0.25) is 0 Å². The molecular formula is C16H14Cl3N. The minimum absolute atomic E-state index is 0.275. The van der Waals surface area contributed by atoms with Gasteiger partial charge in [-0.3, -0.25) is 0 Å². The van der Waals surface area contributed by atoms with E-state index < -0.39 is 0 Å². The Morgan fingerprint density at radius 2 is 1.70 bits per heavy atom. The number of benzene rings is 2. The van der Waals surface area contributed by atoms with Gasteiger partial charge in [0.05, 0.1) is 0 Å². The van der Waals surface area contributed by atoms with E-state index >= 15 is 0 Å². The highest BCUT2D eigenvalue weighted by Crippen LogP contribution is 2.38. The topological polar surface area (TPSA) is 3.24 Å². The predicted molar refractivity (Wildman–Crippen MR) is 86.1 cm³/mol. The van der Waals surface area contributed by atoms with Crippen molar-refractivity contribution in [1.82, 2.24) is 4.90 Å². The average molecular weight is 327 g/mol. The van der Waals surface area contributed by atoms with E-state index in [1.54, 1.807) is 0 Å². The van der Waals surface area contributed by atoms with Crippen molar-refractivity contribution >= 4 is 34.8 Å². The number of likely N-dealkylation sites (N-methyl/N-ethyl adjacent to an activating group) is 1. The van der Waals surface area contributed by atoms with Crippen LogP contribution in [0, 0.1) is 0 Å². The predicted octanol–water partition coefficient (Wildman–Crippen LogP) is 5.22. The molecule has 2 aromatic carbocycles. The number of hydrogen-bond acceptors (Lipinski definition) is 1. The summed E-state index contributed by atoms with van der Waals surface area (Å²) < 4.78 is 0. The minimum atomic E-state index is 0.275. The molecular weight excluding hydrogens is 313 g/mol. The van der Waals surface area contributed by atoms with Gasteiger partial charge in [0.1, 0.15) is 0 Å². The Morgan fingerprint density at radius 3 is 2.40 bits per heavy atom. The summed E-state index contributed by atoms with van der Waals surface area (Å²) in [4.78, 5) is 2.28. The van der Waals surface area contributed by atoms with Crippen molar-refractivity contribution in [1.29, 1.82) is 0 Å². The quantitative estimate of drug-likeness (QED) is 0.694. The van der Waals surface area contributed by atoms with Crippen LogP contribution >= 0.6 is 34.8 Å². The third-order valence-electron chi connectivity index (χ3n) is 3.76. The zero-order chi connectivity index (χ0) is 14.3. The van der Waals surface area contributed by atoms with Gasteiger partial charge >= 0.3 is 0 Å². The molecule has 0 saturated carbocycles. The van der Waals surface area contributed by atoms with Crippen molar-refractivity contribution < 1.29 is 0 Å². The Balaban J connectivity index is 2.12. The van der Waals surface area contributed by atoms with Crippen LogP contribution in [-0.2, 0) is 6.54 Å². The van der Waals surface area contributed by atoms with Crippen LogP contribution in [0.3, 0.4) is 0 Å². The maximum absolute atomic E-state index is 6.36. The van der Waals surface area contributed by atoms with Crippen molar-refractivity contribution in [3.63, 3.8) is 0 Å². The normalized spacial score (nSPS) is 18.9. The highest BCUT2D eigenvalue weighted by molar-refractivity contribution is 6.35. The van der Waals surface area contributed by atoms with Crippen molar-refractivity contribution in [2.24, 2.45) is 0 Å². The Morgan fingerprint density at radius 1 is 1.00 bits per heavy atom. The molecule has 0 radical (unpaired) electrons. The van der Waals surface area contributed by atoms with Crippen LogP contribution in [0.2, 0.25) is 15.1 Å². The van der Waals surface area contributed by atoms with Crippen LogP contribution in [0.25, 0.3) is 0 Å². The summed E-state index contributed by atoms with van der Waals surface area (Å²) in [6.07, 6.45) is 0. The molecule has 0 aromatic heterocycles. The summed E-state index contributed by atoms with van der Waals surface area (Å²) >= 11 is 18.5. The molecule has 20 heavy (non-hydrogen) atoms. The number of nitrogens with zero attached hydrogens (tertiary/aromatic N) is 1. The van der Waals surface area contributed by atoms with E-state index in [2.05, 4.69) is 24.1 Å². The van der Waals surface area contributed by atoms with E-state index in [1.807, 2.05) is 24.3 Å². The second kappa shape index (κ2) is 5.57. The Kier molecular flexibility index (Phi) is 3.96. The minimum Gasteiger partial charge on any atom is -0.301 e. The first-order valence-corrected chi connectivity index (χ1v) is 7.60. The fraction of sp³-hybridized carbons (Fsp3) is 0.250. The van der Waals surface area contributed by atoms with Crippen LogP contribution in [0.5, 0.6) is 0 Å². The lowest BCUT2D eigenvalue weighted by atomic mass is 9.85. The van der Waals surface area contributed by atoms with E-state index in [9.17, 15) is 0 Å². The van der Waals surface area contributed by atoms with Crippen molar-refractivity contribution in [3.8, 4) is 0 Å². The first-order chi connectivity index (χ1) is 9.54. The molecule has 0 bridgehead atoms. The largest absolute Gasteiger partial charge is 0.301 e.